The normalized spacial score (nSPS) is 14.8. The van der Waals surface area contributed by atoms with Crippen molar-refractivity contribution in [2.75, 3.05) is 13.2 Å². The number of ketones is 1. The lowest BCUT2D eigenvalue weighted by Gasteiger charge is -2.30. The van der Waals surface area contributed by atoms with Gasteiger partial charge in [-0.3, -0.25) is 23.7 Å². The fourth-order valence-electron chi connectivity index (χ4n) is 4.12. The maximum Gasteiger partial charge on any atom is 0.416 e. The van der Waals surface area contributed by atoms with Gasteiger partial charge in [0.15, 0.2) is 5.78 Å². The average Bonchev–Trinajstić information content (AvgIpc) is 2.81. The Labute approximate surface area is 200 Å². The van der Waals surface area contributed by atoms with Crippen LogP contribution in [0.3, 0.4) is 0 Å². The standard InChI is InChI=1S/C24H19F3N2O7/c1-11(30)13-7-16-20-17(8-13)36-10-15(6-12-2-4-14(5-3-12)24(25,26)27)29(20)23(35)19(21(16)33)22(34)28-9-18(31)32/h2-5,7-8,15,33H,6,9-10H2,1H3,(H,28,34)(H,31,32). The molecule has 1 aromatic heterocycles. The summed E-state index contributed by atoms with van der Waals surface area (Å²) < 4.78 is 45.7. The number of pyridine rings is 1. The Kier molecular flexibility index (Phi) is 6.21. The van der Waals surface area contributed by atoms with Crippen molar-refractivity contribution in [1.29, 1.82) is 0 Å². The number of nitrogens with zero attached hydrogens (tertiary/aromatic N) is 1. The van der Waals surface area contributed by atoms with Crippen molar-refractivity contribution < 1.29 is 42.5 Å². The van der Waals surface area contributed by atoms with E-state index >= 15 is 0 Å². The topological polar surface area (TPSA) is 135 Å². The number of carbonyl (C=O) groups is 3. The van der Waals surface area contributed by atoms with Crippen molar-refractivity contribution in [3.05, 3.63) is 69.0 Å². The summed E-state index contributed by atoms with van der Waals surface area (Å²) in [6.45, 7) is 0.343. The monoisotopic (exact) mass is 504 g/mol. The second kappa shape index (κ2) is 9.02. The van der Waals surface area contributed by atoms with Crippen LogP contribution in [-0.4, -0.2) is 45.6 Å². The summed E-state index contributed by atoms with van der Waals surface area (Å²) in [6.07, 6.45) is -4.47. The molecule has 36 heavy (non-hydrogen) atoms. The Morgan fingerprint density at radius 3 is 2.42 bits per heavy atom. The van der Waals surface area contributed by atoms with Gasteiger partial charge in [0.05, 0.1) is 17.1 Å². The van der Waals surface area contributed by atoms with Crippen LogP contribution in [0.15, 0.2) is 41.2 Å². The number of benzene rings is 2. The molecule has 1 aliphatic heterocycles. The number of carboxylic acids is 1. The molecule has 2 heterocycles. The van der Waals surface area contributed by atoms with Crippen LogP contribution in [0.4, 0.5) is 13.2 Å². The number of amides is 1. The van der Waals surface area contributed by atoms with Gasteiger partial charge < -0.3 is 20.3 Å². The van der Waals surface area contributed by atoms with Crippen LogP contribution in [0, 0.1) is 0 Å². The van der Waals surface area contributed by atoms with Crippen LogP contribution < -0.4 is 15.6 Å². The number of aliphatic carboxylic acids is 1. The minimum absolute atomic E-state index is 0.0437. The highest BCUT2D eigenvalue weighted by Gasteiger charge is 2.33. The van der Waals surface area contributed by atoms with E-state index < -0.39 is 53.1 Å². The zero-order valence-corrected chi connectivity index (χ0v) is 18.7. The number of nitrogens with one attached hydrogen (secondary N) is 1. The van der Waals surface area contributed by atoms with Crippen molar-refractivity contribution in [3.8, 4) is 11.5 Å². The number of rotatable bonds is 6. The van der Waals surface area contributed by atoms with Crippen molar-refractivity contribution in [3.63, 3.8) is 0 Å². The molecule has 0 radical (unpaired) electrons. The quantitative estimate of drug-likeness (QED) is 0.440. The highest BCUT2D eigenvalue weighted by Crippen LogP contribution is 2.39. The van der Waals surface area contributed by atoms with E-state index in [2.05, 4.69) is 0 Å². The number of aromatic nitrogens is 1. The first kappa shape index (κ1) is 24.8. The van der Waals surface area contributed by atoms with Gasteiger partial charge in [0, 0.05) is 10.9 Å². The minimum Gasteiger partial charge on any atom is -0.506 e. The number of carbonyl (C=O) groups excluding carboxylic acids is 2. The Balaban J connectivity index is 1.88. The first-order valence-corrected chi connectivity index (χ1v) is 10.6. The van der Waals surface area contributed by atoms with E-state index in [0.29, 0.717) is 5.56 Å². The third-order valence-corrected chi connectivity index (χ3v) is 5.82. The Morgan fingerprint density at radius 1 is 1.17 bits per heavy atom. The second-order valence-corrected chi connectivity index (χ2v) is 8.27. The molecular weight excluding hydrogens is 485 g/mol. The first-order valence-electron chi connectivity index (χ1n) is 10.6. The lowest BCUT2D eigenvalue weighted by molar-refractivity contribution is -0.138. The lowest BCUT2D eigenvalue weighted by Crippen LogP contribution is -2.39. The summed E-state index contributed by atoms with van der Waals surface area (Å²) in [4.78, 5) is 49.0. The number of Topliss-reactive ketones (excluding diaryl/α,β-unsaturated/α-hetero) is 1. The number of hydrogen-bond donors (Lipinski definition) is 3. The largest absolute Gasteiger partial charge is 0.506 e. The molecule has 3 aromatic rings. The highest BCUT2D eigenvalue weighted by molar-refractivity contribution is 6.07. The molecule has 1 aliphatic rings. The molecule has 0 spiro atoms. The predicted molar refractivity (Wildman–Crippen MR) is 120 cm³/mol. The molecule has 0 saturated heterocycles. The molecule has 9 nitrogen and oxygen atoms in total. The van der Waals surface area contributed by atoms with Crippen molar-refractivity contribution >= 4 is 28.6 Å². The maximum absolute atomic E-state index is 13.4. The van der Waals surface area contributed by atoms with E-state index in [1.165, 1.54) is 35.8 Å². The molecule has 3 N–H and O–H groups in total. The Hall–Kier alpha value is -4.35. The van der Waals surface area contributed by atoms with Gasteiger partial charge in [-0.1, -0.05) is 12.1 Å². The van der Waals surface area contributed by atoms with E-state index in [-0.39, 0.29) is 41.0 Å². The third kappa shape index (κ3) is 4.49. The number of hydrogen-bond acceptors (Lipinski definition) is 6. The summed E-state index contributed by atoms with van der Waals surface area (Å²) in [5.74, 6) is -3.54. The van der Waals surface area contributed by atoms with Gasteiger partial charge >= 0.3 is 12.1 Å². The van der Waals surface area contributed by atoms with Gasteiger partial charge in [-0.25, -0.2) is 0 Å². The maximum atomic E-state index is 13.4. The van der Waals surface area contributed by atoms with Gasteiger partial charge in [-0.15, -0.1) is 0 Å². The molecular formula is C24H19F3N2O7. The Bertz CT molecular complexity index is 1460. The lowest BCUT2D eigenvalue weighted by atomic mass is 9.99. The number of carboxylic acid groups (broad SMARTS) is 1. The molecule has 12 heteroatoms. The van der Waals surface area contributed by atoms with Gasteiger partial charge in [-0.05, 0) is 43.2 Å². The minimum atomic E-state index is -4.52. The summed E-state index contributed by atoms with van der Waals surface area (Å²) in [5.41, 5.74) is -1.83. The number of halogens is 3. The SMILES string of the molecule is CC(=O)c1cc2c3c(c1)c(O)c(C(=O)NCC(=O)O)c(=O)n3C(Cc1ccc(C(F)(F)F)cc1)CO2. The summed E-state index contributed by atoms with van der Waals surface area (Å²) in [7, 11) is 0. The molecule has 4 rings (SSSR count). The van der Waals surface area contributed by atoms with E-state index in [9.17, 15) is 37.5 Å². The summed E-state index contributed by atoms with van der Waals surface area (Å²) in [6, 6.07) is 6.22. The van der Waals surface area contributed by atoms with E-state index in [1.807, 2.05) is 5.32 Å². The van der Waals surface area contributed by atoms with Gasteiger partial charge in [-0.2, -0.15) is 13.2 Å². The molecule has 0 bridgehead atoms. The third-order valence-electron chi connectivity index (χ3n) is 5.82. The number of aromatic hydroxyl groups is 1. The fourth-order valence-corrected chi connectivity index (χ4v) is 4.12. The summed E-state index contributed by atoms with van der Waals surface area (Å²) in [5, 5.41) is 21.7. The molecule has 1 amide bonds. The first-order chi connectivity index (χ1) is 16.9. The van der Waals surface area contributed by atoms with Crippen LogP contribution >= 0.6 is 0 Å². The zero-order valence-electron chi connectivity index (χ0n) is 18.7. The molecule has 1 unspecified atom stereocenters. The molecule has 0 saturated carbocycles. The molecule has 2 aromatic carbocycles. The fraction of sp³-hybridized carbons (Fsp3) is 0.250. The van der Waals surface area contributed by atoms with Crippen molar-refractivity contribution in [1.82, 2.24) is 9.88 Å². The number of ether oxygens (including phenoxy) is 1. The highest BCUT2D eigenvalue weighted by atomic mass is 19.4. The van der Waals surface area contributed by atoms with Gasteiger partial charge in [0.1, 0.15) is 30.2 Å². The summed E-state index contributed by atoms with van der Waals surface area (Å²) >= 11 is 0. The zero-order chi connectivity index (χ0) is 26.4. The number of alkyl halides is 3. The van der Waals surface area contributed by atoms with Crippen molar-refractivity contribution in [2.45, 2.75) is 25.6 Å². The molecule has 188 valence electrons. The molecule has 1 atom stereocenters. The molecule has 0 fully saturated rings. The average molecular weight is 504 g/mol. The smallest absolute Gasteiger partial charge is 0.416 e. The second-order valence-electron chi connectivity index (χ2n) is 8.27. The van der Waals surface area contributed by atoms with E-state index in [4.69, 9.17) is 9.84 Å². The van der Waals surface area contributed by atoms with Gasteiger partial charge in [0.2, 0.25) is 0 Å². The van der Waals surface area contributed by atoms with E-state index in [0.717, 1.165) is 12.1 Å². The van der Waals surface area contributed by atoms with Crippen LogP contribution in [-0.2, 0) is 17.4 Å². The van der Waals surface area contributed by atoms with Crippen molar-refractivity contribution in [2.24, 2.45) is 0 Å². The van der Waals surface area contributed by atoms with Crippen LogP contribution in [0.5, 0.6) is 11.5 Å². The van der Waals surface area contributed by atoms with Gasteiger partial charge in [0.25, 0.3) is 11.5 Å². The molecule has 0 aliphatic carbocycles. The predicted octanol–water partition coefficient (Wildman–Crippen LogP) is 2.92. The van der Waals surface area contributed by atoms with E-state index in [1.54, 1.807) is 0 Å². The Morgan fingerprint density at radius 2 is 1.83 bits per heavy atom. The van der Waals surface area contributed by atoms with Crippen LogP contribution in [0.1, 0.15) is 44.8 Å². The van der Waals surface area contributed by atoms with Crippen LogP contribution in [0.2, 0.25) is 0 Å². The van der Waals surface area contributed by atoms with Crippen LogP contribution in [0.25, 0.3) is 10.9 Å².